The lowest BCUT2D eigenvalue weighted by molar-refractivity contribution is -0.333. The summed E-state index contributed by atoms with van der Waals surface area (Å²) in [6, 6.07) is -0.795. The Labute approximate surface area is 156 Å². The lowest BCUT2D eigenvalue weighted by Gasteiger charge is -2.47. The van der Waals surface area contributed by atoms with Crippen LogP contribution in [0.2, 0.25) is 0 Å². The molecule has 0 radical (unpaired) electrons. The Morgan fingerprint density at radius 2 is 1.56 bits per heavy atom. The first-order valence-corrected chi connectivity index (χ1v) is 8.77. The number of aliphatic hydroxyl groups is 5. The van der Waals surface area contributed by atoms with Crippen LogP contribution in [-0.2, 0) is 23.7 Å². The fraction of sp³-hybridized carbons (Fsp3) is 0.938. The number of carbonyl (C=O) groups excluding carboxylic acids is 1. The van der Waals surface area contributed by atoms with E-state index in [0.717, 1.165) is 0 Å². The highest BCUT2D eigenvalue weighted by atomic mass is 16.7. The van der Waals surface area contributed by atoms with E-state index in [-0.39, 0.29) is 5.91 Å². The Kier molecular flexibility index (Phi) is 7.92. The standard InChI is InChI=1S/C16H29NO10/c1-6-10(17-7(2)20)14(11(21)8(4-18)25-6)27-16-13(23)15(24-3)12(22)9(5-19)26-16/h6,8-16,18-19,21-23H,4-5H2,1-3H3,(H,17,20)/t6?,8?,9?,10-,11+,12+,13+,14-,15+,16?/m1/s1. The average Bonchev–Trinajstić information content (AvgIpc) is 2.62. The molecule has 27 heavy (non-hydrogen) atoms. The van der Waals surface area contributed by atoms with Crippen LogP contribution in [0.3, 0.4) is 0 Å². The summed E-state index contributed by atoms with van der Waals surface area (Å²) in [6.45, 7) is 1.90. The zero-order valence-corrected chi connectivity index (χ0v) is 15.5. The van der Waals surface area contributed by atoms with Gasteiger partial charge in [-0.05, 0) is 6.92 Å². The molecule has 0 bridgehead atoms. The molecule has 0 saturated carbocycles. The minimum absolute atomic E-state index is 0.387. The molecule has 0 aliphatic carbocycles. The van der Waals surface area contributed by atoms with Crippen LogP contribution in [0.25, 0.3) is 0 Å². The van der Waals surface area contributed by atoms with Gasteiger partial charge in [-0.15, -0.1) is 0 Å². The summed E-state index contributed by atoms with van der Waals surface area (Å²) in [5.41, 5.74) is 0. The predicted octanol–water partition coefficient (Wildman–Crippen LogP) is -3.53. The Morgan fingerprint density at radius 3 is 2.07 bits per heavy atom. The summed E-state index contributed by atoms with van der Waals surface area (Å²) in [6.07, 6.45) is -10.3. The number of hydrogen-bond donors (Lipinski definition) is 6. The first kappa shape index (κ1) is 22.4. The molecular weight excluding hydrogens is 366 g/mol. The molecule has 11 heteroatoms. The van der Waals surface area contributed by atoms with Crippen LogP contribution in [0.5, 0.6) is 0 Å². The minimum atomic E-state index is -1.43. The highest BCUT2D eigenvalue weighted by Crippen LogP contribution is 2.29. The van der Waals surface area contributed by atoms with Gasteiger partial charge in [0.15, 0.2) is 6.29 Å². The molecule has 0 spiro atoms. The molecule has 0 aromatic heterocycles. The van der Waals surface area contributed by atoms with Crippen molar-refractivity contribution in [2.45, 2.75) is 75.0 Å². The Balaban J connectivity index is 2.24. The van der Waals surface area contributed by atoms with Gasteiger partial charge in [0.2, 0.25) is 5.91 Å². The van der Waals surface area contributed by atoms with Crippen molar-refractivity contribution >= 4 is 5.91 Å². The van der Waals surface area contributed by atoms with Crippen molar-refractivity contribution in [2.24, 2.45) is 0 Å². The van der Waals surface area contributed by atoms with Gasteiger partial charge >= 0.3 is 0 Å². The molecule has 158 valence electrons. The maximum Gasteiger partial charge on any atom is 0.217 e. The molecule has 0 aromatic rings. The van der Waals surface area contributed by atoms with Crippen LogP contribution in [0.1, 0.15) is 13.8 Å². The number of rotatable bonds is 6. The van der Waals surface area contributed by atoms with Crippen LogP contribution >= 0.6 is 0 Å². The van der Waals surface area contributed by atoms with Gasteiger partial charge in [0.05, 0.1) is 25.4 Å². The van der Waals surface area contributed by atoms with E-state index in [1.54, 1.807) is 6.92 Å². The number of carbonyl (C=O) groups is 1. The van der Waals surface area contributed by atoms with E-state index < -0.39 is 74.4 Å². The molecule has 6 N–H and O–H groups in total. The van der Waals surface area contributed by atoms with E-state index in [1.165, 1.54) is 14.0 Å². The summed E-state index contributed by atoms with van der Waals surface area (Å²) in [7, 11) is 1.28. The van der Waals surface area contributed by atoms with Crippen molar-refractivity contribution < 1.29 is 49.3 Å². The normalized spacial score (nSPS) is 45.5. The van der Waals surface area contributed by atoms with E-state index in [2.05, 4.69) is 5.32 Å². The van der Waals surface area contributed by atoms with Crippen molar-refractivity contribution in [3.63, 3.8) is 0 Å². The van der Waals surface area contributed by atoms with Crippen molar-refractivity contribution in [3.8, 4) is 0 Å². The van der Waals surface area contributed by atoms with E-state index >= 15 is 0 Å². The third-order valence-corrected chi connectivity index (χ3v) is 4.90. The summed E-state index contributed by atoms with van der Waals surface area (Å²) in [4.78, 5) is 11.5. The maximum atomic E-state index is 11.5. The van der Waals surface area contributed by atoms with E-state index in [1.807, 2.05) is 0 Å². The monoisotopic (exact) mass is 395 g/mol. The highest BCUT2D eigenvalue weighted by molar-refractivity contribution is 5.73. The number of hydrogen-bond acceptors (Lipinski definition) is 10. The second-order valence-electron chi connectivity index (χ2n) is 6.79. The average molecular weight is 395 g/mol. The Bertz CT molecular complexity index is 494. The molecule has 1 amide bonds. The molecule has 2 rings (SSSR count). The first-order chi connectivity index (χ1) is 12.7. The Morgan fingerprint density at radius 1 is 1.00 bits per heavy atom. The topological polar surface area (TPSA) is 167 Å². The van der Waals surface area contributed by atoms with Gasteiger partial charge in [-0.1, -0.05) is 0 Å². The van der Waals surface area contributed by atoms with Gasteiger partial charge < -0.3 is 49.8 Å². The van der Waals surface area contributed by atoms with E-state index in [0.29, 0.717) is 0 Å². The fourth-order valence-electron chi connectivity index (χ4n) is 3.48. The molecule has 2 fully saturated rings. The molecule has 2 aliphatic heterocycles. The number of amides is 1. The minimum Gasteiger partial charge on any atom is -0.394 e. The smallest absolute Gasteiger partial charge is 0.217 e. The summed E-state index contributed by atoms with van der Waals surface area (Å²) in [5, 5.41) is 52.5. The number of aliphatic hydroxyl groups excluding tert-OH is 5. The number of methoxy groups -OCH3 is 1. The predicted molar refractivity (Wildman–Crippen MR) is 88.5 cm³/mol. The zero-order valence-electron chi connectivity index (χ0n) is 15.5. The van der Waals surface area contributed by atoms with Gasteiger partial charge in [-0.3, -0.25) is 4.79 Å². The van der Waals surface area contributed by atoms with Crippen molar-refractivity contribution in [3.05, 3.63) is 0 Å². The van der Waals surface area contributed by atoms with Gasteiger partial charge in [0.1, 0.15) is 42.7 Å². The quantitative estimate of drug-likeness (QED) is 0.265. The molecule has 4 unspecified atom stereocenters. The van der Waals surface area contributed by atoms with Crippen molar-refractivity contribution in [1.29, 1.82) is 0 Å². The lowest BCUT2D eigenvalue weighted by Crippen LogP contribution is -2.67. The van der Waals surface area contributed by atoms with Crippen LogP contribution in [0.4, 0.5) is 0 Å². The second-order valence-corrected chi connectivity index (χ2v) is 6.79. The molecule has 0 aromatic carbocycles. The number of nitrogens with one attached hydrogen (secondary N) is 1. The van der Waals surface area contributed by atoms with Crippen LogP contribution in [0.15, 0.2) is 0 Å². The van der Waals surface area contributed by atoms with Gasteiger partial charge in [-0.2, -0.15) is 0 Å². The van der Waals surface area contributed by atoms with Gasteiger partial charge in [0, 0.05) is 14.0 Å². The SMILES string of the molecule is CO[C@@H]1[C@H](O)C(O[C@@H]2[C@H](NC(C)=O)C(C)OC(CO)[C@@H]2O)OC(CO)[C@@H]1O. The largest absolute Gasteiger partial charge is 0.394 e. The van der Waals surface area contributed by atoms with E-state index in [9.17, 15) is 30.3 Å². The zero-order chi connectivity index (χ0) is 20.3. The molecular formula is C16H29NO10. The molecule has 11 nitrogen and oxygen atoms in total. The molecule has 2 aliphatic rings. The van der Waals surface area contributed by atoms with Crippen molar-refractivity contribution in [2.75, 3.05) is 20.3 Å². The summed E-state index contributed by atoms with van der Waals surface area (Å²) < 4.78 is 21.8. The summed E-state index contributed by atoms with van der Waals surface area (Å²) >= 11 is 0. The second kappa shape index (κ2) is 9.54. The van der Waals surface area contributed by atoms with Gasteiger partial charge in [0.25, 0.3) is 0 Å². The number of ether oxygens (including phenoxy) is 4. The lowest BCUT2D eigenvalue weighted by atomic mass is 9.92. The van der Waals surface area contributed by atoms with Crippen LogP contribution in [-0.4, -0.2) is 113 Å². The van der Waals surface area contributed by atoms with Crippen LogP contribution in [0, 0.1) is 0 Å². The highest BCUT2D eigenvalue weighted by Gasteiger charge is 2.50. The molecule has 10 atom stereocenters. The molecule has 2 saturated heterocycles. The third-order valence-electron chi connectivity index (χ3n) is 4.90. The summed E-state index contributed by atoms with van der Waals surface area (Å²) in [5.74, 6) is -0.387. The van der Waals surface area contributed by atoms with Crippen LogP contribution < -0.4 is 5.32 Å². The van der Waals surface area contributed by atoms with Crippen molar-refractivity contribution in [1.82, 2.24) is 5.32 Å². The molecule has 2 heterocycles. The Hall–Kier alpha value is -0.890. The van der Waals surface area contributed by atoms with E-state index in [4.69, 9.17) is 18.9 Å². The fourth-order valence-corrected chi connectivity index (χ4v) is 3.48. The maximum absolute atomic E-state index is 11.5. The third kappa shape index (κ3) is 4.75. The first-order valence-electron chi connectivity index (χ1n) is 8.77. The van der Waals surface area contributed by atoms with Gasteiger partial charge in [-0.25, -0.2) is 0 Å².